The van der Waals surface area contributed by atoms with Crippen LogP contribution >= 0.6 is 0 Å². The summed E-state index contributed by atoms with van der Waals surface area (Å²) in [7, 11) is 3.81. The van der Waals surface area contributed by atoms with Crippen molar-refractivity contribution < 1.29 is 0 Å². The Bertz CT molecular complexity index is 370. The molecule has 0 unspecified atom stereocenters. The molecule has 0 fully saturated rings. The van der Waals surface area contributed by atoms with Crippen molar-refractivity contribution >= 4 is 26.5 Å². The molecule has 0 saturated heterocycles. The molecule has 5 heteroatoms. The van der Waals surface area contributed by atoms with Crippen LogP contribution in [0.4, 0.5) is 0 Å². The molecule has 0 spiro atoms. The summed E-state index contributed by atoms with van der Waals surface area (Å²) in [6.45, 7) is 1.88. The van der Waals surface area contributed by atoms with Gasteiger partial charge in [0.05, 0.1) is 0 Å². The monoisotopic (exact) mass is 269 g/mol. The number of hydrogen-bond acceptors (Lipinski definition) is 3. The second-order valence-corrected chi connectivity index (χ2v) is 3.94. The van der Waals surface area contributed by atoms with E-state index in [1.807, 2.05) is 44.1 Å². The van der Waals surface area contributed by atoms with Crippen LogP contribution in [-0.2, 0) is 0 Å². The first-order valence-electron chi connectivity index (χ1n) is 4.49. The van der Waals surface area contributed by atoms with E-state index >= 15 is 0 Å². The zero-order valence-corrected chi connectivity index (χ0v) is 10.7. The van der Waals surface area contributed by atoms with Crippen molar-refractivity contribution in [2.45, 2.75) is 6.92 Å². The Labute approximate surface area is 97.9 Å². The predicted molar refractivity (Wildman–Crippen MR) is 63.3 cm³/mol. The summed E-state index contributed by atoms with van der Waals surface area (Å²) >= 11 is 2.83. The third-order valence-electron chi connectivity index (χ3n) is 1.70. The van der Waals surface area contributed by atoms with Crippen molar-refractivity contribution in [3.05, 3.63) is 30.1 Å². The summed E-state index contributed by atoms with van der Waals surface area (Å²) in [6.07, 6.45) is 1.74. The van der Waals surface area contributed by atoms with Crippen molar-refractivity contribution in [3.63, 3.8) is 0 Å². The minimum absolute atomic E-state index is 0.741. The van der Waals surface area contributed by atoms with E-state index in [0.29, 0.717) is 0 Å². The number of hydrogen-bond donors (Lipinski definition) is 0. The zero-order chi connectivity index (χ0) is 11.3. The maximum absolute atomic E-state index is 4.18. The molecule has 0 atom stereocenters. The third-order valence-corrected chi connectivity index (χ3v) is 2.64. The first-order chi connectivity index (χ1) is 7.11. The molecule has 0 amide bonds. The Morgan fingerprint density at radius 1 is 1.33 bits per heavy atom. The van der Waals surface area contributed by atoms with E-state index in [1.54, 1.807) is 6.20 Å². The van der Waals surface area contributed by atoms with Gasteiger partial charge in [-0.05, 0) is 0 Å². The molecule has 15 heavy (non-hydrogen) atoms. The van der Waals surface area contributed by atoms with Gasteiger partial charge in [-0.15, -0.1) is 0 Å². The summed E-state index contributed by atoms with van der Waals surface area (Å²) in [5, 5.41) is 8.12. The molecule has 1 aromatic rings. The number of nitrogens with zero attached hydrogens (tertiary/aromatic N) is 4. The SMILES string of the molecule is CC(=NN=C([Se])N(C)C)c1ccccn1. The van der Waals surface area contributed by atoms with Crippen LogP contribution in [-0.4, -0.2) is 50.4 Å². The Balaban J connectivity index is 2.82. The van der Waals surface area contributed by atoms with E-state index in [9.17, 15) is 0 Å². The fourth-order valence-electron chi connectivity index (χ4n) is 0.835. The van der Waals surface area contributed by atoms with Gasteiger partial charge in [-0.25, -0.2) is 0 Å². The fraction of sp³-hybridized carbons (Fsp3) is 0.300. The van der Waals surface area contributed by atoms with Crippen LogP contribution in [0.2, 0.25) is 0 Å². The first kappa shape index (κ1) is 11.9. The molecule has 0 aliphatic carbocycles. The molecular formula is C10H13N4Se. The molecule has 79 valence electrons. The molecule has 0 aromatic carbocycles. The topological polar surface area (TPSA) is 40.9 Å². The molecule has 4 nitrogen and oxygen atoms in total. The fourth-order valence-corrected chi connectivity index (χ4v) is 0.921. The van der Waals surface area contributed by atoms with Crippen LogP contribution in [0, 0.1) is 0 Å². The van der Waals surface area contributed by atoms with Crippen LogP contribution in [0.3, 0.4) is 0 Å². The van der Waals surface area contributed by atoms with Crippen molar-refractivity contribution in [1.82, 2.24) is 9.88 Å². The van der Waals surface area contributed by atoms with Crippen molar-refractivity contribution in [1.29, 1.82) is 0 Å². The average Bonchev–Trinajstić information content (AvgIpc) is 2.26. The number of pyridine rings is 1. The summed E-state index contributed by atoms with van der Waals surface area (Å²) in [5.41, 5.74) is 1.64. The Kier molecular flexibility index (Phi) is 4.46. The normalized spacial score (nSPS) is 12.7. The van der Waals surface area contributed by atoms with Crippen molar-refractivity contribution in [2.24, 2.45) is 10.2 Å². The number of aromatic nitrogens is 1. The van der Waals surface area contributed by atoms with Crippen LogP contribution in [0.1, 0.15) is 12.6 Å². The van der Waals surface area contributed by atoms with E-state index in [4.69, 9.17) is 0 Å². The molecule has 0 bridgehead atoms. The van der Waals surface area contributed by atoms with Gasteiger partial charge in [0.2, 0.25) is 0 Å². The van der Waals surface area contributed by atoms with E-state index < -0.39 is 0 Å². The second kappa shape index (κ2) is 5.63. The number of amidine groups is 1. The maximum atomic E-state index is 4.18. The van der Waals surface area contributed by atoms with Gasteiger partial charge in [0, 0.05) is 0 Å². The summed E-state index contributed by atoms with van der Waals surface area (Å²) in [5.74, 6) is 0. The quantitative estimate of drug-likeness (QED) is 0.346. The minimum atomic E-state index is 0.741. The molecule has 1 rings (SSSR count). The molecule has 0 aliphatic heterocycles. The Morgan fingerprint density at radius 3 is 2.60 bits per heavy atom. The molecular weight excluding hydrogens is 255 g/mol. The summed E-state index contributed by atoms with van der Waals surface area (Å²) in [4.78, 5) is 6.03. The molecule has 0 N–H and O–H groups in total. The van der Waals surface area contributed by atoms with Crippen LogP contribution in [0.15, 0.2) is 34.6 Å². The van der Waals surface area contributed by atoms with Gasteiger partial charge in [0.1, 0.15) is 0 Å². The van der Waals surface area contributed by atoms with E-state index in [-0.39, 0.29) is 0 Å². The number of rotatable bonds is 2. The zero-order valence-electron chi connectivity index (χ0n) is 9.01. The van der Waals surface area contributed by atoms with Crippen molar-refractivity contribution in [2.75, 3.05) is 14.1 Å². The Morgan fingerprint density at radius 2 is 2.07 bits per heavy atom. The second-order valence-electron chi connectivity index (χ2n) is 3.18. The molecule has 1 aromatic heterocycles. The van der Waals surface area contributed by atoms with Gasteiger partial charge in [-0.1, -0.05) is 0 Å². The van der Waals surface area contributed by atoms with Gasteiger partial charge in [-0.3, -0.25) is 0 Å². The van der Waals surface area contributed by atoms with Gasteiger partial charge in [-0.2, -0.15) is 0 Å². The molecule has 1 radical (unpaired) electrons. The standard InChI is InChI=1S/C10H13N4Se/c1-8(9-6-4-5-7-11-9)12-13-10(15)14(2)3/h4-7H,1-3H3. The first-order valence-corrected chi connectivity index (χ1v) is 5.35. The van der Waals surface area contributed by atoms with Crippen LogP contribution in [0.5, 0.6) is 0 Å². The van der Waals surface area contributed by atoms with Crippen molar-refractivity contribution in [3.8, 4) is 0 Å². The van der Waals surface area contributed by atoms with Gasteiger partial charge >= 0.3 is 97.7 Å². The average molecular weight is 268 g/mol. The molecule has 1 heterocycles. The van der Waals surface area contributed by atoms with Gasteiger partial charge in [0.25, 0.3) is 0 Å². The third kappa shape index (κ3) is 3.81. The van der Waals surface area contributed by atoms with Crippen LogP contribution in [0.25, 0.3) is 0 Å². The summed E-state index contributed by atoms with van der Waals surface area (Å²) in [6, 6.07) is 5.71. The molecule has 0 aliphatic rings. The Hall–Kier alpha value is -1.19. The predicted octanol–water partition coefficient (Wildman–Crippen LogP) is 0.892. The van der Waals surface area contributed by atoms with Gasteiger partial charge in [0.15, 0.2) is 0 Å². The summed E-state index contributed by atoms with van der Waals surface area (Å²) < 4.78 is 0.741. The van der Waals surface area contributed by atoms with E-state index in [0.717, 1.165) is 16.1 Å². The molecule has 0 saturated carbocycles. The van der Waals surface area contributed by atoms with Gasteiger partial charge < -0.3 is 0 Å². The van der Waals surface area contributed by atoms with E-state index in [2.05, 4.69) is 31.2 Å². The van der Waals surface area contributed by atoms with Crippen LogP contribution < -0.4 is 0 Å². The van der Waals surface area contributed by atoms with E-state index in [1.165, 1.54) is 0 Å².